The highest BCUT2D eigenvalue weighted by Crippen LogP contribution is 2.47. The minimum atomic E-state index is 0.0223. The van der Waals surface area contributed by atoms with Crippen molar-refractivity contribution in [3.05, 3.63) is 254 Å². The third kappa shape index (κ3) is 7.64. The lowest BCUT2D eigenvalue weighted by Gasteiger charge is -2.28. The molecule has 13 aromatic rings. The second kappa shape index (κ2) is 17.5. The third-order valence-electron chi connectivity index (χ3n) is 15.5. The molecule has 1 aromatic heterocycles. The highest BCUT2D eigenvalue weighted by atomic mass is 15.1. The van der Waals surface area contributed by atoms with Crippen LogP contribution in [-0.2, 0) is 10.8 Å². The van der Waals surface area contributed by atoms with Crippen molar-refractivity contribution in [1.29, 1.82) is 0 Å². The van der Waals surface area contributed by atoms with Gasteiger partial charge in [-0.15, -0.1) is 0 Å². The highest BCUT2D eigenvalue weighted by molar-refractivity contribution is 6.27. The molecule has 13 rings (SSSR count). The maximum Gasteiger partial charge on any atom is 0.0541 e. The molecular formula is C72H58N2. The molecule has 2 heteroatoms. The van der Waals surface area contributed by atoms with E-state index >= 15 is 0 Å². The molecule has 0 N–H and O–H groups in total. The van der Waals surface area contributed by atoms with Gasteiger partial charge in [-0.25, -0.2) is 0 Å². The van der Waals surface area contributed by atoms with Crippen LogP contribution < -0.4 is 4.90 Å². The van der Waals surface area contributed by atoms with Gasteiger partial charge < -0.3 is 9.47 Å². The first kappa shape index (κ1) is 45.2. The lowest BCUT2D eigenvalue weighted by molar-refractivity contribution is 0.590. The summed E-state index contributed by atoms with van der Waals surface area (Å²) in [4.78, 5) is 2.46. The van der Waals surface area contributed by atoms with E-state index in [1.54, 1.807) is 0 Å². The second-order valence-electron chi connectivity index (χ2n) is 22.1. The Morgan fingerprint density at radius 1 is 0.311 bits per heavy atom. The van der Waals surface area contributed by atoms with E-state index in [2.05, 4.69) is 294 Å². The summed E-state index contributed by atoms with van der Waals surface area (Å²) in [5.74, 6) is 0. The summed E-state index contributed by atoms with van der Waals surface area (Å²) in [5, 5.41) is 10.1. The normalized spacial score (nSPS) is 12.2. The summed E-state index contributed by atoms with van der Waals surface area (Å²) in [6, 6.07) is 90.2. The van der Waals surface area contributed by atoms with Crippen molar-refractivity contribution in [2.75, 3.05) is 4.90 Å². The van der Waals surface area contributed by atoms with Crippen molar-refractivity contribution in [2.24, 2.45) is 0 Å². The van der Waals surface area contributed by atoms with Crippen molar-refractivity contribution < 1.29 is 0 Å². The Bertz CT molecular complexity index is 4030. The predicted octanol–water partition coefficient (Wildman–Crippen LogP) is 20.4. The predicted molar refractivity (Wildman–Crippen MR) is 318 cm³/mol. The van der Waals surface area contributed by atoms with E-state index in [-0.39, 0.29) is 10.8 Å². The van der Waals surface area contributed by atoms with Crippen LogP contribution in [0.5, 0.6) is 0 Å². The van der Waals surface area contributed by atoms with Crippen molar-refractivity contribution in [2.45, 2.75) is 52.4 Å². The molecule has 356 valence electrons. The topological polar surface area (TPSA) is 8.17 Å². The maximum atomic E-state index is 2.53. The van der Waals surface area contributed by atoms with E-state index in [4.69, 9.17) is 0 Å². The molecule has 12 aromatic carbocycles. The lowest BCUT2D eigenvalue weighted by atomic mass is 9.85. The summed E-state index contributed by atoms with van der Waals surface area (Å²) in [5.41, 5.74) is 19.3. The number of nitrogens with zero attached hydrogens (tertiary/aromatic N) is 2. The van der Waals surface area contributed by atoms with E-state index in [0.717, 1.165) is 17.1 Å². The first-order valence-electron chi connectivity index (χ1n) is 26.1. The van der Waals surface area contributed by atoms with E-state index in [0.29, 0.717) is 0 Å². The summed E-state index contributed by atoms with van der Waals surface area (Å²) in [6.07, 6.45) is 0. The molecule has 0 atom stereocenters. The molecule has 0 saturated carbocycles. The molecule has 0 fully saturated rings. The van der Waals surface area contributed by atoms with Gasteiger partial charge in [0.1, 0.15) is 0 Å². The summed E-state index contributed by atoms with van der Waals surface area (Å²) in [6.45, 7) is 13.9. The van der Waals surface area contributed by atoms with Crippen LogP contribution in [0, 0.1) is 0 Å². The van der Waals surface area contributed by atoms with Gasteiger partial charge >= 0.3 is 0 Å². The Hall–Kier alpha value is -8.72. The monoisotopic (exact) mass is 950 g/mol. The lowest BCUT2D eigenvalue weighted by Crippen LogP contribution is -2.10. The Kier molecular flexibility index (Phi) is 10.7. The van der Waals surface area contributed by atoms with Crippen LogP contribution in [0.25, 0.3) is 104 Å². The van der Waals surface area contributed by atoms with Gasteiger partial charge in [0.2, 0.25) is 0 Å². The van der Waals surface area contributed by atoms with Gasteiger partial charge in [-0.3, -0.25) is 0 Å². The van der Waals surface area contributed by atoms with Crippen LogP contribution in [0.15, 0.2) is 243 Å². The minimum Gasteiger partial charge on any atom is -0.310 e. The molecule has 0 aliphatic rings. The van der Waals surface area contributed by atoms with Crippen molar-refractivity contribution in [1.82, 2.24) is 4.57 Å². The first-order chi connectivity index (χ1) is 36.0. The summed E-state index contributed by atoms with van der Waals surface area (Å²) < 4.78 is 2.53. The quantitative estimate of drug-likeness (QED) is 0.138. The summed E-state index contributed by atoms with van der Waals surface area (Å²) >= 11 is 0. The minimum absolute atomic E-state index is 0.0223. The van der Waals surface area contributed by atoms with E-state index in [1.165, 1.54) is 115 Å². The molecule has 1 heterocycles. The smallest absolute Gasteiger partial charge is 0.0541 e. The van der Waals surface area contributed by atoms with Crippen molar-refractivity contribution >= 4 is 71.2 Å². The van der Waals surface area contributed by atoms with Crippen LogP contribution in [-0.4, -0.2) is 4.57 Å². The van der Waals surface area contributed by atoms with Crippen molar-refractivity contribution in [3.63, 3.8) is 0 Å². The van der Waals surface area contributed by atoms with E-state index in [9.17, 15) is 0 Å². The highest BCUT2D eigenvalue weighted by Gasteiger charge is 2.24. The van der Waals surface area contributed by atoms with Crippen LogP contribution in [0.3, 0.4) is 0 Å². The molecule has 0 aliphatic heterocycles. The zero-order chi connectivity index (χ0) is 50.3. The molecule has 74 heavy (non-hydrogen) atoms. The fourth-order valence-electron chi connectivity index (χ4n) is 11.6. The largest absolute Gasteiger partial charge is 0.310 e. The number of benzene rings is 12. The molecule has 0 radical (unpaired) electrons. The Morgan fingerprint density at radius 3 is 1.14 bits per heavy atom. The number of fused-ring (bicyclic) bond motifs is 3. The SMILES string of the molecule is CC(C)(C)c1ccc2c(c1)c1cc(C(C)(C)C)ccc1n2-c1ccc2ccc3c(N(c4ccc(-c5ccccc5-c5ccccc5)cc4)c4ccc(-c5ccccc5-c5ccccc5)cc4)ccc4ccc1c2c43. The van der Waals surface area contributed by atoms with Crippen LogP contribution in [0.4, 0.5) is 17.1 Å². The average molecular weight is 951 g/mol. The van der Waals surface area contributed by atoms with Gasteiger partial charge in [0.15, 0.2) is 0 Å². The van der Waals surface area contributed by atoms with Gasteiger partial charge in [-0.2, -0.15) is 0 Å². The maximum absolute atomic E-state index is 2.53. The van der Waals surface area contributed by atoms with Crippen LogP contribution >= 0.6 is 0 Å². The fraction of sp³-hybridized carbons (Fsp3) is 0.111. The van der Waals surface area contributed by atoms with Gasteiger partial charge in [0.05, 0.1) is 22.4 Å². The van der Waals surface area contributed by atoms with Gasteiger partial charge in [0.25, 0.3) is 0 Å². The number of hydrogen-bond donors (Lipinski definition) is 0. The molecule has 2 nitrogen and oxygen atoms in total. The molecule has 0 bridgehead atoms. The summed E-state index contributed by atoms with van der Waals surface area (Å²) in [7, 11) is 0. The van der Waals surface area contributed by atoms with E-state index in [1.807, 2.05) is 0 Å². The molecule has 0 unspecified atom stereocenters. The van der Waals surface area contributed by atoms with Gasteiger partial charge in [-0.1, -0.05) is 224 Å². The molecule has 0 aliphatic carbocycles. The second-order valence-corrected chi connectivity index (χ2v) is 22.1. The van der Waals surface area contributed by atoms with Gasteiger partial charge in [-0.05, 0) is 149 Å². The Morgan fingerprint density at radius 2 is 0.689 bits per heavy atom. The number of anilines is 3. The molecule has 0 amide bonds. The zero-order valence-corrected chi connectivity index (χ0v) is 43.0. The Labute approximate surface area is 434 Å². The zero-order valence-electron chi connectivity index (χ0n) is 43.0. The number of rotatable bonds is 8. The first-order valence-corrected chi connectivity index (χ1v) is 26.1. The molecule has 0 spiro atoms. The fourth-order valence-corrected chi connectivity index (χ4v) is 11.6. The van der Waals surface area contributed by atoms with Crippen LogP contribution in [0.1, 0.15) is 52.7 Å². The third-order valence-corrected chi connectivity index (χ3v) is 15.5. The average Bonchev–Trinajstić information content (AvgIpc) is 3.76. The molecular weight excluding hydrogens is 893 g/mol. The van der Waals surface area contributed by atoms with Gasteiger partial charge in [0, 0.05) is 32.9 Å². The Balaban J connectivity index is 1.00. The molecule has 0 saturated heterocycles. The standard InChI is InChI=1S/C72H58N2/c1-71(2,3)53-33-43-67-63(45-53)64-46-54(72(4,5)6)34-44-68(64)74(67)66-42-32-52-29-39-61-65(41-31-51-30-40-62(66)70(52)69(51)61)73(55-35-25-49(26-36-55)59-23-15-13-21-57(59)47-17-9-7-10-18-47)56-37-27-50(28-38-56)60-24-16-14-22-58(60)48-19-11-8-12-20-48/h7-46H,1-6H3. The number of aromatic nitrogens is 1. The van der Waals surface area contributed by atoms with Crippen molar-refractivity contribution in [3.8, 4) is 50.2 Å². The van der Waals surface area contributed by atoms with Crippen LogP contribution in [0.2, 0.25) is 0 Å². The number of hydrogen-bond acceptors (Lipinski definition) is 1. The van der Waals surface area contributed by atoms with E-state index < -0.39 is 0 Å².